The molecule has 0 bridgehead atoms. The molecule has 3 aromatic rings. The maximum Gasteiger partial charge on any atom is 0.163 e. The summed E-state index contributed by atoms with van der Waals surface area (Å²) in [5, 5.41) is 3.53. The molecule has 1 N–H and O–H groups in total. The smallest absolute Gasteiger partial charge is 0.163 e. The molecule has 1 aromatic carbocycles. The molecule has 0 radical (unpaired) electrons. The number of rotatable bonds is 6. The zero-order valence-corrected chi connectivity index (χ0v) is 15.8. The van der Waals surface area contributed by atoms with E-state index < -0.39 is 0 Å². The summed E-state index contributed by atoms with van der Waals surface area (Å²) in [6.07, 6.45) is 3.55. The normalized spacial score (nSPS) is 12.2. The summed E-state index contributed by atoms with van der Waals surface area (Å²) in [7, 11) is 4.19. The van der Waals surface area contributed by atoms with Crippen molar-refractivity contribution < 1.29 is 0 Å². The average Bonchev–Trinajstić information content (AvgIpc) is 2.66. The number of benzene rings is 1. The first-order valence-electron chi connectivity index (χ1n) is 8.77. The third kappa shape index (κ3) is 4.06. The molecule has 0 unspecified atom stereocenters. The molecule has 0 spiro atoms. The van der Waals surface area contributed by atoms with Crippen LogP contribution >= 0.6 is 0 Å². The Kier molecular flexibility index (Phi) is 5.58. The summed E-state index contributed by atoms with van der Waals surface area (Å²) in [6.45, 7) is 4.83. The molecule has 5 nitrogen and oxygen atoms in total. The molecule has 0 aliphatic carbocycles. The Balaban J connectivity index is 1.86. The molecule has 134 valence electrons. The minimum absolute atomic E-state index is 0.257. The first kappa shape index (κ1) is 18.0. The lowest BCUT2D eigenvalue weighted by molar-refractivity contribution is 0.311. The van der Waals surface area contributed by atoms with Gasteiger partial charge in [0, 0.05) is 35.8 Å². The van der Waals surface area contributed by atoms with E-state index >= 15 is 0 Å². The van der Waals surface area contributed by atoms with Crippen LogP contribution in [0.4, 0.5) is 5.82 Å². The van der Waals surface area contributed by atoms with E-state index in [1.165, 1.54) is 5.56 Å². The summed E-state index contributed by atoms with van der Waals surface area (Å²) in [5.74, 6) is 1.57. The number of aromatic nitrogens is 3. The van der Waals surface area contributed by atoms with Crippen LogP contribution in [0.2, 0.25) is 0 Å². The van der Waals surface area contributed by atoms with Gasteiger partial charge in [-0.2, -0.15) is 0 Å². The third-order valence-electron chi connectivity index (χ3n) is 4.58. The van der Waals surface area contributed by atoms with Crippen LogP contribution in [0.15, 0.2) is 54.9 Å². The maximum absolute atomic E-state index is 4.75. The highest BCUT2D eigenvalue weighted by Gasteiger charge is 2.16. The van der Waals surface area contributed by atoms with Gasteiger partial charge in [0.2, 0.25) is 0 Å². The predicted molar refractivity (Wildman–Crippen MR) is 106 cm³/mol. The SMILES string of the molecule is Cc1nc(-c2cccnc2)nc(NC[C@@H](c2ccccc2)N(C)C)c1C. The molecule has 0 fully saturated rings. The molecule has 0 aliphatic rings. The second-order valence-corrected chi connectivity index (χ2v) is 6.62. The summed E-state index contributed by atoms with van der Waals surface area (Å²) in [5.41, 5.74) is 4.25. The van der Waals surface area contributed by atoms with Crippen LogP contribution in [0, 0.1) is 13.8 Å². The van der Waals surface area contributed by atoms with Gasteiger partial charge in [-0.25, -0.2) is 9.97 Å². The minimum atomic E-state index is 0.257. The van der Waals surface area contributed by atoms with Crippen LogP contribution in [-0.4, -0.2) is 40.5 Å². The fourth-order valence-corrected chi connectivity index (χ4v) is 2.89. The van der Waals surface area contributed by atoms with Crippen molar-refractivity contribution in [3.63, 3.8) is 0 Å². The quantitative estimate of drug-likeness (QED) is 0.733. The van der Waals surface area contributed by atoms with Gasteiger partial charge in [0.15, 0.2) is 5.82 Å². The van der Waals surface area contributed by atoms with E-state index in [9.17, 15) is 0 Å². The van der Waals surface area contributed by atoms with Crippen molar-refractivity contribution >= 4 is 5.82 Å². The molecule has 1 atom stereocenters. The second kappa shape index (κ2) is 8.06. The zero-order chi connectivity index (χ0) is 18.5. The lowest BCUT2D eigenvalue weighted by atomic mass is 10.1. The minimum Gasteiger partial charge on any atom is -0.368 e. The van der Waals surface area contributed by atoms with Crippen LogP contribution in [0.25, 0.3) is 11.4 Å². The van der Waals surface area contributed by atoms with Crippen molar-refractivity contribution in [3.8, 4) is 11.4 Å². The average molecular weight is 347 g/mol. The van der Waals surface area contributed by atoms with Gasteiger partial charge in [0.1, 0.15) is 5.82 Å². The van der Waals surface area contributed by atoms with E-state index in [0.717, 1.165) is 29.2 Å². The van der Waals surface area contributed by atoms with Gasteiger partial charge < -0.3 is 10.2 Å². The Labute approximate surface area is 155 Å². The van der Waals surface area contributed by atoms with Crippen LogP contribution in [0.5, 0.6) is 0 Å². The van der Waals surface area contributed by atoms with Crippen LogP contribution < -0.4 is 5.32 Å². The van der Waals surface area contributed by atoms with Crippen molar-refractivity contribution in [1.29, 1.82) is 0 Å². The van der Waals surface area contributed by atoms with Gasteiger partial charge in [0.25, 0.3) is 0 Å². The highest BCUT2D eigenvalue weighted by atomic mass is 15.1. The zero-order valence-electron chi connectivity index (χ0n) is 15.8. The van der Waals surface area contributed by atoms with E-state index in [0.29, 0.717) is 5.82 Å². The first-order chi connectivity index (χ1) is 12.6. The summed E-state index contributed by atoms with van der Waals surface area (Å²) in [6, 6.07) is 14.6. The van der Waals surface area contributed by atoms with Crippen molar-refractivity contribution in [1.82, 2.24) is 19.9 Å². The van der Waals surface area contributed by atoms with Crippen LogP contribution in [-0.2, 0) is 0 Å². The second-order valence-electron chi connectivity index (χ2n) is 6.62. The fourth-order valence-electron chi connectivity index (χ4n) is 2.89. The Bertz CT molecular complexity index is 847. The predicted octanol–water partition coefficient (Wildman–Crippen LogP) is 3.87. The van der Waals surface area contributed by atoms with Gasteiger partial charge in [-0.3, -0.25) is 4.98 Å². The Morgan fingerprint density at radius 1 is 1.00 bits per heavy atom. The topological polar surface area (TPSA) is 53.9 Å². The van der Waals surface area contributed by atoms with Gasteiger partial charge in [-0.1, -0.05) is 30.3 Å². The molecular formula is C21H25N5. The molecule has 2 heterocycles. The lowest BCUT2D eigenvalue weighted by Gasteiger charge is -2.26. The summed E-state index contributed by atoms with van der Waals surface area (Å²) in [4.78, 5) is 15.8. The Morgan fingerprint density at radius 3 is 2.42 bits per heavy atom. The molecule has 2 aromatic heterocycles. The van der Waals surface area contributed by atoms with Gasteiger partial charge in [-0.15, -0.1) is 0 Å². The molecule has 26 heavy (non-hydrogen) atoms. The van der Waals surface area contributed by atoms with Gasteiger partial charge >= 0.3 is 0 Å². The largest absolute Gasteiger partial charge is 0.368 e. The lowest BCUT2D eigenvalue weighted by Crippen LogP contribution is -2.27. The molecule has 5 heteroatoms. The number of nitrogens with zero attached hydrogens (tertiary/aromatic N) is 4. The Morgan fingerprint density at radius 2 is 1.77 bits per heavy atom. The molecule has 0 saturated carbocycles. The highest BCUT2D eigenvalue weighted by Crippen LogP contribution is 2.23. The van der Waals surface area contributed by atoms with Crippen molar-refractivity contribution in [2.45, 2.75) is 19.9 Å². The van der Waals surface area contributed by atoms with E-state index in [1.807, 2.05) is 25.1 Å². The van der Waals surface area contributed by atoms with Crippen molar-refractivity contribution in [2.75, 3.05) is 26.0 Å². The van der Waals surface area contributed by atoms with Crippen molar-refractivity contribution in [2.24, 2.45) is 0 Å². The number of anilines is 1. The van der Waals surface area contributed by atoms with E-state index in [2.05, 4.69) is 65.5 Å². The number of pyridine rings is 1. The summed E-state index contributed by atoms with van der Waals surface area (Å²) < 4.78 is 0. The molecular weight excluding hydrogens is 322 g/mol. The molecule has 0 saturated heterocycles. The standard InChI is InChI=1S/C21H25N5/c1-15-16(2)24-21(18-11-8-12-22-13-18)25-20(15)23-14-19(26(3)4)17-9-6-5-7-10-17/h5-13,19H,14H2,1-4H3,(H,23,24,25)/t19-/m0/s1. The molecule has 0 amide bonds. The Hall–Kier alpha value is -2.79. The van der Waals surface area contributed by atoms with Gasteiger partial charge in [-0.05, 0) is 45.6 Å². The monoisotopic (exact) mass is 347 g/mol. The molecule has 0 aliphatic heterocycles. The highest BCUT2D eigenvalue weighted by molar-refractivity contribution is 5.58. The number of hydrogen-bond donors (Lipinski definition) is 1. The number of hydrogen-bond acceptors (Lipinski definition) is 5. The fraction of sp³-hybridized carbons (Fsp3) is 0.286. The van der Waals surface area contributed by atoms with Crippen molar-refractivity contribution in [3.05, 3.63) is 71.7 Å². The third-order valence-corrected chi connectivity index (χ3v) is 4.58. The van der Waals surface area contributed by atoms with E-state index in [4.69, 9.17) is 4.98 Å². The summed E-state index contributed by atoms with van der Waals surface area (Å²) >= 11 is 0. The van der Waals surface area contributed by atoms with Crippen LogP contribution in [0.3, 0.4) is 0 Å². The number of aryl methyl sites for hydroxylation is 1. The number of likely N-dealkylation sites (N-methyl/N-ethyl adjacent to an activating group) is 1. The molecule has 3 rings (SSSR count). The van der Waals surface area contributed by atoms with E-state index in [-0.39, 0.29) is 6.04 Å². The number of nitrogens with one attached hydrogen (secondary N) is 1. The van der Waals surface area contributed by atoms with Crippen LogP contribution in [0.1, 0.15) is 22.9 Å². The van der Waals surface area contributed by atoms with Gasteiger partial charge in [0.05, 0.1) is 6.04 Å². The maximum atomic E-state index is 4.75. The van der Waals surface area contributed by atoms with E-state index in [1.54, 1.807) is 12.4 Å². The first-order valence-corrected chi connectivity index (χ1v) is 8.77.